The second-order valence-corrected chi connectivity index (χ2v) is 2.77. The number of aromatic nitrogens is 2. The van der Waals surface area contributed by atoms with E-state index in [0.29, 0.717) is 18.4 Å². The zero-order chi connectivity index (χ0) is 10.4. The van der Waals surface area contributed by atoms with Crippen molar-refractivity contribution in [1.29, 1.82) is 0 Å². The van der Waals surface area contributed by atoms with Crippen molar-refractivity contribution in [2.24, 2.45) is 0 Å². The number of ether oxygens (including phenoxy) is 2. The summed E-state index contributed by atoms with van der Waals surface area (Å²) < 4.78 is 10.5. The number of likely N-dealkylation sites (N-methyl/N-ethyl adjacent to an activating group) is 1. The molecule has 0 aliphatic heterocycles. The molecule has 0 unspecified atom stereocenters. The van der Waals surface area contributed by atoms with Crippen molar-refractivity contribution in [2.75, 3.05) is 27.3 Å². The van der Waals surface area contributed by atoms with Crippen LogP contribution in [0.5, 0.6) is 11.8 Å². The van der Waals surface area contributed by atoms with E-state index in [2.05, 4.69) is 15.3 Å². The van der Waals surface area contributed by atoms with E-state index in [1.807, 2.05) is 14.0 Å². The van der Waals surface area contributed by atoms with Crippen molar-refractivity contribution in [3.63, 3.8) is 0 Å². The van der Waals surface area contributed by atoms with E-state index in [-0.39, 0.29) is 0 Å². The third-order valence-electron chi connectivity index (χ3n) is 1.78. The van der Waals surface area contributed by atoms with Gasteiger partial charge in [-0.05, 0) is 14.0 Å². The third-order valence-corrected chi connectivity index (χ3v) is 1.78. The second-order valence-electron chi connectivity index (χ2n) is 2.77. The maximum Gasteiger partial charge on any atom is 0.223 e. The second kappa shape index (κ2) is 5.39. The minimum absolute atomic E-state index is 0.555. The van der Waals surface area contributed by atoms with E-state index in [0.717, 1.165) is 12.1 Å². The average Bonchev–Trinajstić information content (AvgIpc) is 2.21. The Balaban J connectivity index is 2.66. The molecule has 5 nitrogen and oxygen atoms in total. The van der Waals surface area contributed by atoms with Gasteiger partial charge in [-0.1, -0.05) is 0 Å². The van der Waals surface area contributed by atoms with Gasteiger partial charge in [0.1, 0.15) is 12.9 Å². The molecule has 1 N–H and O–H groups in total. The first kappa shape index (κ1) is 10.7. The molecule has 1 aromatic rings. The quantitative estimate of drug-likeness (QED) is 0.692. The zero-order valence-corrected chi connectivity index (χ0v) is 8.70. The van der Waals surface area contributed by atoms with Gasteiger partial charge in [0.15, 0.2) is 0 Å². The van der Waals surface area contributed by atoms with Gasteiger partial charge in [0, 0.05) is 6.54 Å². The predicted molar refractivity (Wildman–Crippen MR) is 52.7 cm³/mol. The fraction of sp³-hybridized carbons (Fsp3) is 0.556. The lowest BCUT2D eigenvalue weighted by Crippen LogP contribution is -2.16. The molecule has 0 atom stereocenters. The number of nitrogens with one attached hydrogen (secondary N) is 1. The van der Waals surface area contributed by atoms with Gasteiger partial charge < -0.3 is 14.8 Å². The van der Waals surface area contributed by atoms with Crippen molar-refractivity contribution >= 4 is 0 Å². The molecule has 0 aliphatic rings. The molecular formula is C9H15N3O2. The Morgan fingerprint density at radius 3 is 2.71 bits per heavy atom. The van der Waals surface area contributed by atoms with Gasteiger partial charge >= 0.3 is 0 Å². The molecule has 78 valence electrons. The van der Waals surface area contributed by atoms with Crippen molar-refractivity contribution < 1.29 is 9.47 Å². The molecule has 0 amide bonds. The molecule has 0 radical (unpaired) electrons. The van der Waals surface area contributed by atoms with Crippen molar-refractivity contribution in [2.45, 2.75) is 6.92 Å². The SMILES string of the molecule is CNCCOc1ncnc(OC)c1C. The number of nitrogens with zero attached hydrogens (tertiary/aromatic N) is 2. The maximum absolute atomic E-state index is 5.43. The first-order chi connectivity index (χ1) is 6.79. The van der Waals surface area contributed by atoms with Crippen LogP contribution in [-0.4, -0.2) is 37.3 Å². The summed E-state index contributed by atoms with van der Waals surface area (Å²) >= 11 is 0. The van der Waals surface area contributed by atoms with Crippen LogP contribution < -0.4 is 14.8 Å². The largest absolute Gasteiger partial charge is 0.481 e. The monoisotopic (exact) mass is 197 g/mol. The third kappa shape index (κ3) is 2.56. The van der Waals surface area contributed by atoms with Gasteiger partial charge in [0.25, 0.3) is 0 Å². The summed E-state index contributed by atoms with van der Waals surface area (Å²) in [5.74, 6) is 1.13. The molecule has 0 aromatic carbocycles. The summed E-state index contributed by atoms with van der Waals surface area (Å²) in [6.07, 6.45) is 1.43. The Morgan fingerprint density at radius 1 is 1.36 bits per heavy atom. The summed E-state index contributed by atoms with van der Waals surface area (Å²) in [6.45, 7) is 3.23. The fourth-order valence-corrected chi connectivity index (χ4v) is 1.02. The minimum atomic E-state index is 0.555. The van der Waals surface area contributed by atoms with E-state index in [9.17, 15) is 0 Å². The molecule has 0 saturated carbocycles. The highest BCUT2D eigenvalue weighted by molar-refractivity contribution is 5.32. The molecule has 0 aliphatic carbocycles. The Bertz CT molecular complexity index is 291. The molecule has 0 saturated heterocycles. The first-order valence-electron chi connectivity index (χ1n) is 4.42. The Kier molecular flexibility index (Phi) is 4.12. The Morgan fingerprint density at radius 2 is 2.07 bits per heavy atom. The van der Waals surface area contributed by atoms with Gasteiger partial charge in [-0.3, -0.25) is 0 Å². The highest BCUT2D eigenvalue weighted by atomic mass is 16.5. The highest BCUT2D eigenvalue weighted by Gasteiger charge is 2.07. The van der Waals surface area contributed by atoms with Crippen LogP contribution in [0.4, 0.5) is 0 Å². The predicted octanol–water partition coefficient (Wildman–Crippen LogP) is 0.392. The first-order valence-corrected chi connectivity index (χ1v) is 4.42. The summed E-state index contributed by atoms with van der Waals surface area (Å²) in [5, 5.41) is 2.99. The number of methoxy groups -OCH3 is 1. The van der Waals surface area contributed by atoms with Gasteiger partial charge in [-0.2, -0.15) is 0 Å². The number of rotatable bonds is 5. The van der Waals surface area contributed by atoms with Gasteiger partial charge in [0.2, 0.25) is 11.8 Å². The van der Waals surface area contributed by atoms with Crippen molar-refractivity contribution in [1.82, 2.24) is 15.3 Å². The van der Waals surface area contributed by atoms with E-state index < -0.39 is 0 Å². The van der Waals surface area contributed by atoms with Crippen LogP contribution in [0, 0.1) is 6.92 Å². The van der Waals surface area contributed by atoms with Crippen LogP contribution in [0.15, 0.2) is 6.33 Å². The zero-order valence-electron chi connectivity index (χ0n) is 8.70. The van der Waals surface area contributed by atoms with Crippen LogP contribution in [0.3, 0.4) is 0 Å². The van der Waals surface area contributed by atoms with Crippen LogP contribution >= 0.6 is 0 Å². The smallest absolute Gasteiger partial charge is 0.223 e. The number of hydrogen-bond acceptors (Lipinski definition) is 5. The van der Waals surface area contributed by atoms with Gasteiger partial charge in [-0.25, -0.2) is 9.97 Å². The van der Waals surface area contributed by atoms with Crippen LogP contribution in [-0.2, 0) is 0 Å². The molecule has 1 aromatic heterocycles. The fourth-order valence-electron chi connectivity index (χ4n) is 1.02. The topological polar surface area (TPSA) is 56.3 Å². The molecular weight excluding hydrogens is 182 g/mol. The lowest BCUT2D eigenvalue weighted by molar-refractivity contribution is 0.298. The van der Waals surface area contributed by atoms with E-state index in [1.54, 1.807) is 7.11 Å². The molecule has 14 heavy (non-hydrogen) atoms. The van der Waals surface area contributed by atoms with E-state index in [4.69, 9.17) is 9.47 Å². The van der Waals surface area contributed by atoms with Gasteiger partial charge in [-0.15, -0.1) is 0 Å². The van der Waals surface area contributed by atoms with E-state index in [1.165, 1.54) is 6.33 Å². The highest BCUT2D eigenvalue weighted by Crippen LogP contribution is 2.21. The van der Waals surface area contributed by atoms with E-state index >= 15 is 0 Å². The van der Waals surface area contributed by atoms with Crippen molar-refractivity contribution in [3.8, 4) is 11.8 Å². The van der Waals surface area contributed by atoms with Crippen LogP contribution in [0.2, 0.25) is 0 Å². The summed E-state index contributed by atoms with van der Waals surface area (Å²) in [5.41, 5.74) is 0.825. The van der Waals surface area contributed by atoms with Crippen LogP contribution in [0.25, 0.3) is 0 Å². The van der Waals surface area contributed by atoms with Gasteiger partial charge in [0.05, 0.1) is 12.7 Å². The summed E-state index contributed by atoms with van der Waals surface area (Å²) in [4.78, 5) is 7.97. The standard InChI is InChI=1S/C9H15N3O2/c1-7-8(13-3)11-6-12-9(7)14-5-4-10-2/h6,10H,4-5H2,1-3H3. The molecule has 5 heteroatoms. The van der Waals surface area contributed by atoms with Crippen LogP contribution in [0.1, 0.15) is 5.56 Å². The minimum Gasteiger partial charge on any atom is -0.481 e. The molecule has 1 rings (SSSR count). The lowest BCUT2D eigenvalue weighted by Gasteiger charge is -2.09. The summed E-state index contributed by atoms with van der Waals surface area (Å²) in [7, 11) is 3.45. The Hall–Kier alpha value is -1.36. The Labute approximate surface area is 83.5 Å². The number of hydrogen-bond donors (Lipinski definition) is 1. The molecule has 1 heterocycles. The molecule has 0 spiro atoms. The lowest BCUT2D eigenvalue weighted by atomic mass is 10.3. The maximum atomic E-state index is 5.43. The normalized spacial score (nSPS) is 9.93. The van der Waals surface area contributed by atoms with Crippen molar-refractivity contribution in [3.05, 3.63) is 11.9 Å². The summed E-state index contributed by atoms with van der Waals surface area (Å²) in [6, 6.07) is 0. The average molecular weight is 197 g/mol. The molecule has 0 bridgehead atoms. The molecule has 0 fully saturated rings.